The molecule has 0 bridgehead atoms. The average Bonchev–Trinajstić information content (AvgIpc) is 3.86. The Balaban J connectivity index is 1.18. The van der Waals surface area contributed by atoms with E-state index < -0.39 is 0 Å². The van der Waals surface area contributed by atoms with Gasteiger partial charge in [-0.25, -0.2) is 9.18 Å². The summed E-state index contributed by atoms with van der Waals surface area (Å²) in [6.07, 6.45) is 8.53. The van der Waals surface area contributed by atoms with Crippen molar-refractivity contribution < 1.29 is 9.18 Å². The van der Waals surface area contributed by atoms with Crippen LogP contribution in [0.15, 0.2) is 48.7 Å². The van der Waals surface area contributed by atoms with Crippen LogP contribution in [0.2, 0.25) is 0 Å². The van der Waals surface area contributed by atoms with Crippen LogP contribution in [0.3, 0.4) is 0 Å². The molecule has 0 spiro atoms. The van der Waals surface area contributed by atoms with Crippen molar-refractivity contribution in [3.8, 4) is 0 Å². The first-order valence-electron chi connectivity index (χ1n) is 14.3. The van der Waals surface area contributed by atoms with E-state index in [1.807, 2.05) is 17.9 Å². The summed E-state index contributed by atoms with van der Waals surface area (Å²) in [5, 5.41) is 5.04. The summed E-state index contributed by atoms with van der Waals surface area (Å²) in [7, 11) is 0. The highest BCUT2D eigenvalue weighted by Gasteiger charge is 2.43. The van der Waals surface area contributed by atoms with Gasteiger partial charge in [0.05, 0.1) is 30.0 Å². The van der Waals surface area contributed by atoms with E-state index in [1.54, 1.807) is 12.1 Å². The van der Waals surface area contributed by atoms with E-state index in [4.69, 9.17) is 5.10 Å². The molecule has 38 heavy (non-hydrogen) atoms. The molecule has 0 radical (unpaired) electrons. The first-order valence-corrected chi connectivity index (χ1v) is 14.3. The van der Waals surface area contributed by atoms with Crippen LogP contribution in [0.4, 0.5) is 20.6 Å². The monoisotopic (exact) mass is 513 g/mol. The largest absolute Gasteiger partial charge is 0.369 e. The van der Waals surface area contributed by atoms with Gasteiger partial charge in [-0.15, -0.1) is 0 Å². The van der Waals surface area contributed by atoms with E-state index in [0.29, 0.717) is 24.2 Å². The fraction of sp³-hybridized carbons (Fsp3) is 0.484. The summed E-state index contributed by atoms with van der Waals surface area (Å²) in [6, 6.07) is 14.5. The Morgan fingerprint density at radius 3 is 2.42 bits per heavy atom. The predicted octanol–water partition coefficient (Wildman–Crippen LogP) is 6.72. The summed E-state index contributed by atoms with van der Waals surface area (Å²) in [5.74, 6) is 0.461. The Hall–Kier alpha value is -3.35. The van der Waals surface area contributed by atoms with Crippen molar-refractivity contribution in [3.05, 3.63) is 76.9 Å². The molecular weight excluding hydrogens is 477 g/mol. The summed E-state index contributed by atoms with van der Waals surface area (Å²) in [4.78, 5) is 20.5. The van der Waals surface area contributed by atoms with Gasteiger partial charge < -0.3 is 9.80 Å². The second kappa shape index (κ2) is 9.14. The predicted molar refractivity (Wildman–Crippen MR) is 147 cm³/mol. The topological polar surface area (TPSA) is 44.6 Å². The molecule has 2 aliphatic heterocycles. The van der Waals surface area contributed by atoms with Crippen molar-refractivity contribution in [1.29, 1.82) is 0 Å². The van der Waals surface area contributed by atoms with Crippen LogP contribution < -0.4 is 9.80 Å². The number of aryl methyl sites for hydroxylation is 1. The molecule has 1 aromatic heterocycles. The second-order valence-electron chi connectivity index (χ2n) is 11.7. The SMILES string of the molecule is Cc1cccc(F)c1N1CCC(N2C(=O)N(Cc3ccccc3C3CC3)c3cn(C4CC4)nc3[C@@H]2C)CC1. The molecule has 0 unspecified atom stereocenters. The van der Waals surface area contributed by atoms with Crippen molar-refractivity contribution in [2.24, 2.45) is 0 Å². The molecule has 3 fully saturated rings. The van der Waals surface area contributed by atoms with Crippen molar-refractivity contribution in [3.63, 3.8) is 0 Å². The van der Waals surface area contributed by atoms with Crippen LogP contribution in [0.25, 0.3) is 0 Å². The van der Waals surface area contributed by atoms with E-state index in [-0.39, 0.29) is 23.9 Å². The highest BCUT2D eigenvalue weighted by atomic mass is 19.1. The molecule has 4 aliphatic rings. The molecule has 6 nitrogen and oxygen atoms in total. The molecule has 3 heterocycles. The zero-order valence-corrected chi connectivity index (χ0v) is 22.3. The summed E-state index contributed by atoms with van der Waals surface area (Å²) in [6.45, 7) is 6.14. The number of anilines is 2. The summed E-state index contributed by atoms with van der Waals surface area (Å²) < 4.78 is 16.8. The van der Waals surface area contributed by atoms with Crippen molar-refractivity contribution in [1.82, 2.24) is 14.7 Å². The maximum absolute atomic E-state index is 14.7. The number of piperidine rings is 1. The van der Waals surface area contributed by atoms with Crippen molar-refractivity contribution in [2.45, 2.75) is 83.0 Å². The van der Waals surface area contributed by atoms with Crippen molar-refractivity contribution in [2.75, 3.05) is 22.9 Å². The Labute approximate surface area is 224 Å². The van der Waals surface area contributed by atoms with E-state index in [1.165, 1.54) is 24.0 Å². The van der Waals surface area contributed by atoms with Crippen molar-refractivity contribution >= 4 is 17.4 Å². The van der Waals surface area contributed by atoms with Crippen LogP contribution in [-0.2, 0) is 6.54 Å². The molecule has 2 aliphatic carbocycles. The van der Waals surface area contributed by atoms with Gasteiger partial charge in [0.15, 0.2) is 0 Å². The zero-order chi connectivity index (χ0) is 26.0. The van der Waals surface area contributed by atoms with Gasteiger partial charge in [-0.1, -0.05) is 36.4 Å². The average molecular weight is 514 g/mol. The maximum atomic E-state index is 14.7. The van der Waals surface area contributed by atoms with Gasteiger partial charge in [0.2, 0.25) is 0 Å². The number of rotatable bonds is 6. The lowest BCUT2D eigenvalue weighted by molar-refractivity contribution is 0.134. The number of amides is 2. The van der Waals surface area contributed by atoms with Gasteiger partial charge in [0.25, 0.3) is 0 Å². The van der Waals surface area contributed by atoms with E-state index in [9.17, 15) is 9.18 Å². The molecule has 1 atom stereocenters. The second-order valence-corrected chi connectivity index (χ2v) is 11.7. The number of nitrogens with zero attached hydrogens (tertiary/aromatic N) is 5. The zero-order valence-electron chi connectivity index (χ0n) is 22.3. The number of urea groups is 1. The third kappa shape index (κ3) is 4.07. The molecule has 3 aromatic rings. The molecule has 2 amide bonds. The minimum atomic E-state index is -0.165. The Morgan fingerprint density at radius 1 is 0.947 bits per heavy atom. The molecule has 1 saturated heterocycles. The van der Waals surface area contributed by atoms with Gasteiger partial charge in [-0.05, 0) is 81.0 Å². The van der Waals surface area contributed by atoms with E-state index in [2.05, 4.69) is 51.9 Å². The number of fused-ring (bicyclic) bond motifs is 1. The van der Waals surface area contributed by atoms with Gasteiger partial charge in [-0.3, -0.25) is 9.58 Å². The van der Waals surface area contributed by atoms with E-state index in [0.717, 1.165) is 55.7 Å². The highest BCUT2D eigenvalue weighted by Crippen LogP contribution is 2.45. The normalized spacial score (nSPS) is 22.2. The molecule has 7 rings (SSSR count). The van der Waals surface area contributed by atoms with Crippen LogP contribution in [0, 0.1) is 12.7 Å². The fourth-order valence-electron chi connectivity index (χ4n) is 6.63. The Bertz CT molecular complexity index is 1350. The number of halogens is 1. The molecule has 2 saturated carbocycles. The van der Waals surface area contributed by atoms with Crippen LogP contribution in [-0.4, -0.2) is 39.8 Å². The number of aromatic nitrogens is 2. The van der Waals surface area contributed by atoms with Gasteiger partial charge in [0.1, 0.15) is 11.5 Å². The van der Waals surface area contributed by atoms with Crippen LogP contribution >= 0.6 is 0 Å². The molecule has 7 heteroatoms. The quantitative estimate of drug-likeness (QED) is 0.368. The number of para-hydroxylation sites is 1. The number of carbonyl (C=O) groups excluding carboxylic acids is 1. The first-order chi connectivity index (χ1) is 18.5. The highest BCUT2D eigenvalue weighted by molar-refractivity contribution is 5.95. The van der Waals surface area contributed by atoms with E-state index >= 15 is 0 Å². The maximum Gasteiger partial charge on any atom is 0.325 e. The Kier molecular flexibility index (Phi) is 5.71. The lowest BCUT2D eigenvalue weighted by atomic mass is 9.97. The summed E-state index contributed by atoms with van der Waals surface area (Å²) >= 11 is 0. The molecule has 198 valence electrons. The lowest BCUT2D eigenvalue weighted by Gasteiger charge is -2.46. The standard InChI is InChI=1S/C31H36FN5O/c1-20-6-5-9-27(32)30(20)34-16-14-25(15-17-34)37-21(2)29-28(19-36(33-29)24-12-13-24)35(31(37)38)18-23-7-3-4-8-26(23)22-10-11-22/h3-9,19,21-22,24-25H,10-18H2,1-2H3/t21-/m0/s1. The number of hydrogen-bond acceptors (Lipinski definition) is 3. The first kappa shape index (κ1) is 23.7. The smallest absolute Gasteiger partial charge is 0.325 e. The fourth-order valence-corrected chi connectivity index (χ4v) is 6.63. The number of benzene rings is 2. The third-order valence-corrected chi connectivity index (χ3v) is 8.98. The minimum absolute atomic E-state index is 0.0754. The number of hydrogen-bond donors (Lipinski definition) is 0. The molecular formula is C31H36FN5O. The molecule has 2 aromatic carbocycles. The van der Waals surface area contributed by atoms with Gasteiger partial charge in [-0.2, -0.15) is 5.10 Å². The minimum Gasteiger partial charge on any atom is -0.369 e. The molecule has 0 N–H and O–H groups in total. The van der Waals surface area contributed by atoms with Gasteiger partial charge in [0, 0.05) is 25.3 Å². The van der Waals surface area contributed by atoms with Crippen LogP contribution in [0.5, 0.6) is 0 Å². The number of carbonyl (C=O) groups is 1. The van der Waals surface area contributed by atoms with Gasteiger partial charge >= 0.3 is 6.03 Å². The summed E-state index contributed by atoms with van der Waals surface area (Å²) in [5.41, 5.74) is 6.26. The lowest BCUT2D eigenvalue weighted by Crippen LogP contribution is -2.55. The third-order valence-electron chi connectivity index (χ3n) is 8.98. The Morgan fingerprint density at radius 2 is 1.71 bits per heavy atom. The van der Waals surface area contributed by atoms with Crippen LogP contribution in [0.1, 0.15) is 85.8 Å².